The molecule has 4 atom stereocenters. The molecule has 2 aliphatic carbocycles. The van der Waals surface area contributed by atoms with Crippen molar-refractivity contribution in [3.63, 3.8) is 0 Å². The molecule has 0 unspecified atom stereocenters. The van der Waals surface area contributed by atoms with Crippen molar-refractivity contribution in [1.82, 2.24) is 9.88 Å². The second kappa shape index (κ2) is 6.60. The molecular formula is C19H26N2O2. The maximum absolute atomic E-state index is 13.2. The first-order valence-corrected chi connectivity index (χ1v) is 9.09. The number of carbonyl (C=O) groups excluding carboxylic acids is 1. The van der Waals surface area contributed by atoms with Crippen LogP contribution < -0.4 is 0 Å². The van der Waals surface area contributed by atoms with Crippen molar-refractivity contribution in [2.75, 3.05) is 13.2 Å². The third-order valence-corrected chi connectivity index (χ3v) is 5.91. The summed E-state index contributed by atoms with van der Waals surface area (Å²) in [5, 5.41) is 0. The van der Waals surface area contributed by atoms with E-state index in [9.17, 15) is 4.79 Å². The Labute approximate surface area is 138 Å². The Balaban J connectivity index is 1.48. The zero-order chi connectivity index (χ0) is 15.6. The van der Waals surface area contributed by atoms with Gasteiger partial charge in [0.2, 0.25) is 5.91 Å². The monoisotopic (exact) mass is 314 g/mol. The highest BCUT2D eigenvalue weighted by Crippen LogP contribution is 2.49. The predicted octanol–water partition coefficient (Wildman–Crippen LogP) is 3.03. The van der Waals surface area contributed by atoms with Gasteiger partial charge in [-0.15, -0.1) is 0 Å². The van der Waals surface area contributed by atoms with E-state index >= 15 is 0 Å². The Morgan fingerprint density at radius 2 is 2.26 bits per heavy atom. The molecule has 1 aromatic heterocycles. The molecule has 23 heavy (non-hydrogen) atoms. The van der Waals surface area contributed by atoms with E-state index in [0.29, 0.717) is 18.4 Å². The highest BCUT2D eigenvalue weighted by atomic mass is 16.5. The number of hydrogen-bond acceptors (Lipinski definition) is 3. The smallest absolute Gasteiger partial charge is 0.226 e. The van der Waals surface area contributed by atoms with E-state index in [1.165, 1.54) is 19.3 Å². The average molecular weight is 314 g/mol. The van der Waals surface area contributed by atoms with Gasteiger partial charge in [0.05, 0.1) is 6.10 Å². The molecule has 4 heteroatoms. The van der Waals surface area contributed by atoms with Crippen LogP contribution >= 0.6 is 0 Å². The Hall–Kier alpha value is -1.42. The van der Waals surface area contributed by atoms with Crippen LogP contribution in [0.1, 0.15) is 44.1 Å². The molecule has 1 saturated heterocycles. The topological polar surface area (TPSA) is 42.4 Å². The van der Waals surface area contributed by atoms with Crippen LogP contribution in [0.2, 0.25) is 0 Å². The minimum absolute atomic E-state index is 0.217. The van der Waals surface area contributed by atoms with Crippen molar-refractivity contribution >= 4 is 5.91 Å². The van der Waals surface area contributed by atoms with Gasteiger partial charge in [-0.05, 0) is 55.6 Å². The summed E-state index contributed by atoms with van der Waals surface area (Å²) in [6.45, 7) is 2.25. The quantitative estimate of drug-likeness (QED) is 0.839. The first-order valence-electron chi connectivity index (χ1n) is 9.09. The number of fused-ring (bicyclic) bond motifs is 2. The van der Waals surface area contributed by atoms with E-state index in [1.54, 1.807) is 6.20 Å². The molecule has 0 N–H and O–H groups in total. The maximum Gasteiger partial charge on any atom is 0.226 e. The zero-order valence-electron chi connectivity index (χ0n) is 13.7. The molecule has 1 aliphatic heterocycles. The first-order chi connectivity index (χ1) is 11.3. The number of pyridine rings is 1. The van der Waals surface area contributed by atoms with Gasteiger partial charge in [-0.2, -0.15) is 0 Å². The molecule has 3 aliphatic rings. The Morgan fingerprint density at radius 3 is 2.91 bits per heavy atom. The minimum atomic E-state index is 0.217. The van der Waals surface area contributed by atoms with Gasteiger partial charge in [0.15, 0.2) is 0 Å². The van der Waals surface area contributed by atoms with Crippen LogP contribution in [-0.4, -0.2) is 35.0 Å². The third-order valence-electron chi connectivity index (χ3n) is 5.91. The van der Waals surface area contributed by atoms with Crippen molar-refractivity contribution < 1.29 is 9.53 Å². The molecule has 0 aromatic carbocycles. The van der Waals surface area contributed by atoms with Gasteiger partial charge in [-0.1, -0.05) is 12.5 Å². The average Bonchev–Trinajstić information content (AvgIpc) is 3.32. The summed E-state index contributed by atoms with van der Waals surface area (Å²) < 4.78 is 5.79. The summed E-state index contributed by atoms with van der Waals surface area (Å²) in [5.41, 5.74) is 1.11. The van der Waals surface area contributed by atoms with Crippen LogP contribution in [0.4, 0.5) is 0 Å². The van der Waals surface area contributed by atoms with E-state index in [1.807, 2.05) is 12.3 Å². The number of ether oxygens (including phenoxy) is 1. The fraction of sp³-hybridized carbons (Fsp3) is 0.684. The predicted molar refractivity (Wildman–Crippen MR) is 87.6 cm³/mol. The van der Waals surface area contributed by atoms with Crippen LogP contribution in [0.15, 0.2) is 24.5 Å². The van der Waals surface area contributed by atoms with Crippen LogP contribution in [-0.2, 0) is 16.1 Å². The van der Waals surface area contributed by atoms with Gasteiger partial charge in [0.25, 0.3) is 0 Å². The molecule has 4 nitrogen and oxygen atoms in total. The van der Waals surface area contributed by atoms with Crippen LogP contribution in [0.25, 0.3) is 0 Å². The van der Waals surface area contributed by atoms with Gasteiger partial charge >= 0.3 is 0 Å². The summed E-state index contributed by atoms with van der Waals surface area (Å²) in [5.74, 6) is 2.05. The Bertz CT molecular complexity index is 542. The lowest BCUT2D eigenvalue weighted by atomic mass is 9.87. The lowest BCUT2D eigenvalue weighted by molar-refractivity contribution is -0.139. The summed E-state index contributed by atoms with van der Waals surface area (Å²) in [6, 6.07) is 4.01. The van der Waals surface area contributed by atoms with E-state index in [0.717, 1.165) is 43.9 Å². The lowest BCUT2D eigenvalue weighted by Crippen LogP contribution is -2.41. The van der Waals surface area contributed by atoms with E-state index in [4.69, 9.17) is 4.74 Å². The largest absolute Gasteiger partial charge is 0.376 e. The standard InChI is InChI=1S/C19H26N2O2/c22-19(18-10-14-5-6-16(18)9-14)21(13-17-4-2-8-23-17)12-15-3-1-7-20-11-15/h1,3,7,11,14,16-18H,2,4-6,8-10,12-13H2/t14-,16-,17-,18-/m0/s1. The second-order valence-corrected chi connectivity index (χ2v) is 7.50. The molecule has 4 rings (SSSR count). The summed E-state index contributed by atoms with van der Waals surface area (Å²) in [7, 11) is 0. The number of rotatable bonds is 5. The van der Waals surface area contributed by atoms with Gasteiger partial charge in [-0.3, -0.25) is 9.78 Å². The van der Waals surface area contributed by atoms with Crippen molar-refractivity contribution in [2.24, 2.45) is 17.8 Å². The van der Waals surface area contributed by atoms with Gasteiger partial charge in [0, 0.05) is 38.0 Å². The van der Waals surface area contributed by atoms with E-state index in [-0.39, 0.29) is 12.0 Å². The third kappa shape index (κ3) is 3.27. The Morgan fingerprint density at radius 1 is 1.30 bits per heavy atom. The highest BCUT2D eigenvalue weighted by molar-refractivity contribution is 5.79. The zero-order valence-corrected chi connectivity index (χ0v) is 13.7. The second-order valence-electron chi connectivity index (χ2n) is 7.50. The lowest BCUT2D eigenvalue weighted by Gasteiger charge is -2.31. The van der Waals surface area contributed by atoms with Gasteiger partial charge < -0.3 is 9.64 Å². The molecule has 2 bridgehead atoms. The fourth-order valence-electron chi connectivity index (χ4n) is 4.76. The maximum atomic E-state index is 13.2. The summed E-state index contributed by atoms with van der Waals surface area (Å²) in [6.07, 6.45) is 11.0. The van der Waals surface area contributed by atoms with E-state index < -0.39 is 0 Å². The molecule has 3 fully saturated rings. The molecule has 1 amide bonds. The molecular weight excluding hydrogens is 288 g/mol. The summed E-state index contributed by atoms with van der Waals surface area (Å²) in [4.78, 5) is 19.4. The van der Waals surface area contributed by atoms with Crippen LogP contribution in [0.3, 0.4) is 0 Å². The van der Waals surface area contributed by atoms with Gasteiger partial charge in [-0.25, -0.2) is 0 Å². The molecule has 2 saturated carbocycles. The molecule has 2 heterocycles. The molecule has 124 valence electrons. The van der Waals surface area contributed by atoms with E-state index in [2.05, 4.69) is 16.0 Å². The van der Waals surface area contributed by atoms with Crippen molar-refractivity contribution in [3.05, 3.63) is 30.1 Å². The number of carbonyl (C=O) groups is 1. The van der Waals surface area contributed by atoms with Crippen LogP contribution in [0, 0.1) is 17.8 Å². The first kappa shape index (κ1) is 15.1. The van der Waals surface area contributed by atoms with Crippen molar-refractivity contribution in [3.8, 4) is 0 Å². The molecule has 0 radical (unpaired) electrons. The fourth-order valence-corrected chi connectivity index (χ4v) is 4.76. The Kier molecular flexibility index (Phi) is 4.34. The minimum Gasteiger partial charge on any atom is -0.376 e. The van der Waals surface area contributed by atoms with Crippen LogP contribution in [0.5, 0.6) is 0 Å². The van der Waals surface area contributed by atoms with Gasteiger partial charge in [0.1, 0.15) is 0 Å². The normalized spacial score (nSPS) is 32.3. The number of aromatic nitrogens is 1. The number of hydrogen-bond donors (Lipinski definition) is 0. The summed E-state index contributed by atoms with van der Waals surface area (Å²) >= 11 is 0. The number of amides is 1. The number of nitrogens with zero attached hydrogens (tertiary/aromatic N) is 2. The SMILES string of the molecule is O=C([C@H]1C[C@H]2CC[C@H]1C2)N(Cc1cccnc1)C[C@@H]1CCCO1. The van der Waals surface area contributed by atoms with Crippen molar-refractivity contribution in [1.29, 1.82) is 0 Å². The molecule has 1 aromatic rings. The van der Waals surface area contributed by atoms with Crippen molar-refractivity contribution in [2.45, 2.75) is 51.2 Å². The molecule has 0 spiro atoms. The highest BCUT2D eigenvalue weighted by Gasteiger charge is 2.44.